The molecule has 0 aliphatic heterocycles. The fraction of sp³-hybridized carbons (Fsp3) is 0.667. The molecule has 1 aromatic rings. The predicted molar refractivity (Wildman–Crippen MR) is 90.4 cm³/mol. The summed E-state index contributed by atoms with van der Waals surface area (Å²) in [5, 5.41) is 3.36. The summed E-state index contributed by atoms with van der Waals surface area (Å²) in [5.74, 6) is 0.981. The van der Waals surface area contributed by atoms with E-state index in [4.69, 9.17) is 4.74 Å². The van der Waals surface area contributed by atoms with Gasteiger partial charge in [0, 0.05) is 30.4 Å². The highest BCUT2D eigenvalue weighted by atomic mass is 16.5. The Labute approximate surface area is 129 Å². The maximum atomic E-state index is 5.60. The van der Waals surface area contributed by atoms with Crippen molar-refractivity contribution in [1.82, 2.24) is 5.32 Å². The molecule has 1 aliphatic carbocycles. The van der Waals surface area contributed by atoms with Gasteiger partial charge in [0.2, 0.25) is 0 Å². The van der Waals surface area contributed by atoms with E-state index in [1.165, 1.54) is 49.8 Å². The van der Waals surface area contributed by atoms with Gasteiger partial charge in [-0.25, -0.2) is 0 Å². The number of anilines is 1. The molecular weight excluding hydrogens is 260 g/mol. The zero-order valence-electron chi connectivity index (χ0n) is 14.0. The zero-order chi connectivity index (χ0) is 15.2. The number of ether oxygens (including phenoxy) is 1. The molecule has 21 heavy (non-hydrogen) atoms. The molecule has 0 saturated heterocycles. The fourth-order valence-electron chi connectivity index (χ4n) is 3.44. The van der Waals surface area contributed by atoms with Crippen LogP contribution in [0.2, 0.25) is 0 Å². The molecule has 2 rings (SSSR count). The van der Waals surface area contributed by atoms with E-state index in [0.29, 0.717) is 6.04 Å². The van der Waals surface area contributed by atoms with Gasteiger partial charge < -0.3 is 15.0 Å². The lowest BCUT2D eigenvalue weighted by Crippen LogP contribution is -2.32. The maximum absolute atomic E-state index is 5.60. The third-order valence-corrected chi connectivity index (χ3v) is 4.88. The summed E-state index contributed by atoms with van der Waals surface area (Å²) in [4.78, 5) is 2.48. The Kier molecular flexibility index (Phi) is 5.92. The zero-order valence-corrected chi connectivity index (χ0v) is 14.0. The molecule has 0 spiro atoms. The van der Waals surface area contributed by atoms with Crippen LogP contribution in [0, 0.1) is 0 Å². The molecule has 1 N–H and O–H groups in total. The van der Waals surface area contributed by atoms with Crippen LogP contribution in [-0.2, 0) is 0 Å². The number of nitrogens with one attached hydrogen (secondary N) is 1. The Morgan fingerprint density at radius 1 is 1.19 bits per heavy atom. The molecular formula is C18H30N2O. The first-order valence-corrected chi connectivity index (χ1v) is 8.26. The average molecular weight is 290 g/mol. The van der Waals surface area contributed by atoms with Crippen LogP contribution >= 0.6 is 0 Å². The minimum Gasteiger partial charge on any atom is -0.496 e. The van der Waals surface area contributed by atoms with E-state index in [0.717, 1.165) is 5.75 Å². The van der Waals surface area contributed by atoms with Crippen molar-refractivity contribution in [2.45, 2.75) is 57.5 Å². The first-order valence-electron chi connectivity index (χ1n) is 8.26. The van der Waals surface area contributed by atoms with Crippen molar-refractivity contribution in [1.29, 1.82) is 0 Å². The van der Waals surface area contributed by atoms with Crippen LogP contribution in [0.1, 0.15) is 57.1 Å². The molecule has 1 aliphatic rings. The molecule has 3 heteroatoms. The van der Waals surface area contributed by atoms with Gasteiger partial charge in [-0.3, -0.25) is 0 Å². The van der Waals surface area contributed by atoms with Gasteiger partial charge in [-0.1, -0.05) is 31.7 Å². The highest BCUT2D eigenvalue weighted by Gasteiger charge is 2.22. The molecule has 1 atom stereocenters. The van der Waals surface area contributed by atoms with Gasteiger partial charge in [-0.15, -0.1) is 0 Å². The molecule has 1 saturated carbocycles. The summed E-state index contributed by atoms with van der Waals surface area (Å²) in [6, 6.07) is 7.34. The van der Waals surface area contributed by atoms with Crippen LogP contribution in [0.4, 0.5) is 5.69 Å². The highest BCUT2D eigenvalue weighted by molar-refractivity contribution is 5.61. The third-order valence-electron chi connectivity index (χ3n) is 4.88. The van der Waals surface area contributed by atoms with Crippen LogP contribution in [0.3, 0.4) is 0 Å². The number of rotatable bonds is 5. The summed E-state index contributed by atoms with van der Waals surface area (Å²) in [6.45, 7) is 2.20. The van der Waals surface area contributed by atoms with Crippen molar-refractivity contribution < 1.29 is 4.74 Å². The Bertz CT molecular complexity index is 439. The molecule has 0 radical (unpaired) electrons. The predicted octanol–water partition coefficient (Wildman–Crippen LogP) is 4.13. The van der Waals surface area contributed by atoms with Crippen molar-refractivity contribution in [2.24, 2.45) is 0 Å². The largest absolute Gasteiger partial charge is 0.496 e. The standard InChI is InChI=1S/C18H30N2O/c1-14(19-2)18-16(12-9-13-17(18)21-4)20(3)15-10-7-5-6-8-11-15/h9,12-15,19H,5-8,10-11H2,1-4H3. The highest BCUT2D eigenvalue weighted by Crippen LogP contribution is 2.36. The molecule has 0 heterocycles. The van der Waals surface area contributed by atoms with E-state index >= 15 is 0 Å². The molecule has 0 aromatic heterocycles. The monoisotopic (exact) mass is 290 g/mol. The van der Waals surface area contributed by atoms with Gasteiger partial charge in [0.15, 0.2) is 0 Å². The Hall–Kier alpha value is -1.22. The average Bonchev–Trinajstić information content (AvgIpc) is 2.81. The van der Waals surface area contributed by atoms with Crippen molar-refractivity contribution in [3.8, 4) is 5.75 Å². The van der Waals surface area contributed by atoms with Gasteiger partial charge in [0.25, 0.3) is 0 Å². The molecule has 3 nitrogen and oxygen atoms in total. The quantitative estimate of drug-likeness (QED) is 0.825. The molecule has 1 fully saturated rings. The number of methoxy groups -OCH3 is 1. The summed E-state index contributed by atoms with van der Waals surface area (Å²) in [6.07, 6.45) is 8.11. The Balaban J connectivity index is 2.32. The van der Waals surface area contributed by atoms with Crippen molar-refractivity contribution in [2.75, 3.05) is 26.1 Å². The van der Waals surface area contributed by atoms with Gasteiger partial charge in [0.1, 0.15) is 5.75 Å². The number of hydrogen-bond donors (Lipinski definition) is 1. The van der Waals surface area contributed by atoms with Crippen LogP contribution in [-0.4, -0.2) is 27.2 Å². The lowest BCUT2D eigenvalue weighted by Gasteiger charge is -2.33. The topological polar surface area (TPSA) is 24.5 Å². The van der Waals surface area contributed by atoms with Gasteiger partial charge in [-0.2, -0.15) is 0 Å². The normalized spacial score (nSPS) is 18.1. The minimum absolute atomic E-state index is 0.282. The van der Waals surface area contributed by atoms with E-state index in [9.17, 15) is 0 Å². The second-order valence-corrected chi connectivity index (χ2v) is 6.16. The lowest BCUT2D eigenvalue weighted by atomic mass is 10.0. The van der Waals surface area contributed by atoms with Gasteiger partial charge >= 0.3 is 0 Å². The van der Waals surface area contributed by atoms with Crippen molar-refractivity contribution >= 4 is 5.69 Å². The second-order valence-electron chi connectivity index (χ2n) is 6.16. The van der Waals surface area contributed by atoms with Crippen molar-refractivity contribution in [3.05, 3.63) is 23.8 Å². The first kappa shape index (κ1) is 16.2. The van der Waals surface area contributed by atoms with E-state index in [1.807, 2.05) is 7.05 Å². The fourth-order valence-corrected chi connectivity index (χ4v) is 3.44. The molecule has 1 aromatic carbocycles. The molecule has 0 bridgehead atoms. The van der Waals surface area contributed by atoms with Crippen LogP contribution in [0.15, 0.2) is 18.2 Å². The summed E-state index contributed by atoms with van der Waals surface area (Å²) in [5.41, 5.74) is 2.58. The maximum Gasteiger partial charge on any atom is 0.125 e. The smallest absolute Gasteiger partial charge is 0.125 e. The van der Waals surface area contributed by atoms with Crippen LogP contribution in [0.25, 0.3) is 0 Å². The van der Waals surface area contributed by atoms with E-state index in [2.05, 4.69) is 42.4 Å². The molecule has 0 amide bonds. The van der Waals surface area contributed by atoms with Crippen LogP contribution in [0.5, 0.6) is 5.75 Å². The van der Waals surface area contributed by atoms with Crippen LogP contribution < -0.4 is 15.0 Å². The Morgan fingerprint density at radius 3 is 2.43 bits per heavy atom. The van der Waals surface area contributed by atoms with E-state index in [1.54, 1.807) is 7.11 Å². The van der Waals surface area contributed by atoms with Gasteiger partial charge in [0.05, 0.1) is 7.11 Å². The lowest BCUT2D eigenvalue weighted by molar-refractivity contribution is 0.403. The number of hydrogen-bond acceptors (Lipinski definition) is 3. The molecule has 1 unspecified atom stereocenters. The van der Waals surface area contributed by atoms with Gasteiger partial charge in [-0.05, 0) is 38.9 Å². The first-order chi connectivity index (χ1) is 10.2. The molecule has 118 valence electrons. The van der Waals surface area contributed by atoms with E-state index < -0.39 is 0 Å². The number of nitrogens with zero attached hydrogens (tertiary/aromatic N) is 1. The Morgan fingerprint density at radius 2 is 1.86 bits per heavy atom. The summed E-state index contributed by atoms with van der Waals surface area (Å²) in [7, 11) is 6.01. The summed E-state index contributed by atoms with van der Waals surface area (Å²) >= 11 is 0. The van der Waals surface area contributed by atoms with Crippen molar-refractivity contribution in [3.63, 3.8) is 0 Å². The summed E-state index contributed by atoms with van der Waals surface area (Å²) < 4.78 is 5.60. The minimum atomic E-state index is 0.282. The number of benzene rings is 1. The third kappa shape index (κ3) is 3.70. The SMILES string of the molecule is CNC(C)c1c(OC)cccc1N(C)C1CCCCCC1. The van der Waals surface area contributed by atoms with E-state index in [-0.39, 0.29) is 6.04 Å². The second kappa shape index (κ2) is 7.69.